The summed E-state index contributed by atoms with van der Waals surface area (Å²) in [6, 6.07) is -0.899. The van der Waals surface area contributed by atoms with Crippen molar-refractivity contribution in [3.05, 3.63) is 0 Å². The van der Waals surface area contributed by atoms with Gasteiger partial charge in [0.1, 0.15) is 11.8 Å². The molecule has 0 heterocycles. The average Bonchev–Trinajstić information content (AvgIpc) is 1.82. The second-order valence-electron chi connectivity index (χ2n) is 2.19. The Morgan fingerprint density at radius 1 is 1.60 bits per heavy atom. The molecule has 0 aromatic carbocycles. The van der Waals surface area contributed by atoms with Crippen molar-refractivity contribution in [3.63, 3.8) is 0 Å². The molecular weight excluding hydrogens is 134 g/mol. The van der Waals surface area contributed by atoms with Gasteiger partial charge in [-0.05, 0) is 13.3 Å². The van der Waals surface area contributed by atoms with E-state index in [4.69, 9.17) is 10.8 Å². The summed E-state index contributed by atoms with van der Waals surface area (Å²) in [5.74, 6) is -1.09. The first-order valence-corrected chi connectivity index (χ1v) is 3.02. The van der Waals surface area contributed by atoms with E-state index in [1.54, 1.807) is 0 Å². The first-order valence-electron chi connectivity index (χ1n) is 3.02. The second kappa shape index (κ2) is 4.00. The number of carboxylic acid groups (broad SMARTS) is 1. The molecule has 0 saturated heterocycles. The van der Waals surface area contributed by atoms with E-state index >= 15 is 0 Å². The summed E-state index contributed by atoms with van der Waals surface area (Å²) in [4.78, 5) is 20.4. The van der Waals surface area contributed by atoms with Gasteiger partial charge in [-0.15, -0.1) is 0 Å². The zero-order chi connectivity index (χ0) is 8.15. The van der Waals surface area contributed by atoms with Gasteiger partial charge >= 0.3 is 5.97 Å². The molecule has 0 aromatic rings. The van der Waals surface area contributed by atoms with E-state index in [1.807, 2.05) is 0 Å². The van der Waals surface area contributed by atoms with Crippen molar-refractivity contribution in [3.8, 4) is 0 Å². The Morgan fingerprint density at radius 3 is 2.40 bits per heavy atom. The predicted octanol–water partition coefficient (Wildman–Crippen LogP) is -0.232. The molecule has 0 aliphatic heterocycles. The van der Waals surface area contributed by atoms with Crippen molar-refractivity contribution in [1.82, 2.24) is 0 Å². The number of carboxylic acids is 1. The smallest absolute Gasteiger partial charge is 0.320 e. The van der Waals surface area contributed by atoms with Gasteiger partial charge < -0.3 is 15.6 Å². The van der Waals surface area contributed by atoms with Crippen molar-refractivity contribution >= 4 is 11.8 Å². The maximum atomic E-state index is 10.3. The van der Waals surface area contributed by atoms with Crippen LogP contribution in [0.1, 0.15) is 19.8 Å². The average molecular weight is 145 g/mol. The van der Waals surface area contributed by atoms with E-state index < -0.39 is 12.0 Å². The van der Waals surface area contributed by atoms with Gasteiger partial charge in [0.05, 0.1) is 0 Å². The molecule has 0 spiro atoms. The summed E-state index contributed by atoms with van der Waals surface area (Å²) in [6.45, 7) is 1.41. The van der Waals surface area contributed by atoms with Gasteiger partial charge in [-0.25, -0.2) is 0 Å². The van der Waals surface area contributed by atoms with Gasteiger partial charge in [0, 0.05) is 6.42 Å². The quantitative estimate of drug-likeness (QED) is 0.572. The summed E-state index contributed by atoms with van der Waals surface area (Å²) < 4.78 is 0. The lowest BCUT2D eigenvalue weighted by molar-refractivity contribution is -0.138. The number of rotatable bonds is 4. The lowest BCUT2D eigenvalue weighted by Gasteiger charge is -2.02. The van der Waals surface area contributed by atoms with Crippen LogP contribution >= 0.6 is 0 Å². The molecule has 0 saturated carbocycles. The molecule has 4 nitrogen and oxygen atoms in total. The molecular formula is C6H11NO3. The number of Topliss-reactive ketones (excluding diaryl/α,β-unsaturated/α-hetero) is 1. The number of nitrogens with two attached hydrogens (primary N) is 1. The van der Waals surface area contributed by atoms with Crippen molar-refractivity contribution in [2.75, 3.05) is 0 Å². The molecule has 4 heteroatoms. The fraction of sp³-hybridized carbons (Fsp3) is 0.667. The minimum atomic E-state index is -1.05. The van der Waals surface area contributed by atoms with Gasteiger partial charge in [-0.2, -0.15) is 0 Å². The van der Waals surface area contributed by atoms with Crippen LogP contribution in [0.3, 0.4) is 0 Å². The fourth-order valence-corrected chi connectivity index (χ4v) is 0.482. The highest BCUT2D eigenvalue weighted by molar-refractivity contribution is 5.77. The Kier molecular flexibility index (Phi) is 3.64. The predicted molar refractivity (Wildman–Crippen MR) is 35.5 cm³/mol. The molecule has 0 bridgehead atoms. The van der Waals surface area contributed by atoms with Gasteiger partial charge in [0.2, 0.25) is 0 Å². The monoisotopic (exact) mass is 145 g/mol. The third kappa shape index (κ3) is 4.03. The van der Waals surface area contributed by atoms with Crippen LogP contribution in [0.4, 0.5) is 0 Å². The van der Waals surface area contributed by atoms with E-state index in [0.29, 0.717) is 0 Å². The highest BCUT2D eigenvalue weighted by atomic mass is 16.4. The molecule has 0 rings (SSSR count). The third-order valence-electron chi connectivity index (χ3n) is 1.12. The van der Waals surface area contributed by atoms with Crippen LogP contribution in [-0.4, -0.2) is 22.9 Å². The fourth-order valence-electron chi connectivity index (χ4n) is 0.482. The Bertz CT molecular complexity index is 144. The van der Waals surface area contributed by atoms with E-state index in [0.717, 1.165) is 0 Å². The number of hydrogen-bond acceptors (Lipinski definition) is 3. The van der Waals surface area contributed by atoms with Crippen molar-refractivity contribution in [1.29, 1.82) is 0 Å². The normalized spacial score (nSPS) is 12.6. The third-order valence-corrected chi connectivity index (χ3v) is 1.12. The van der Waals surface area contributed by atoms with Crippen LogP contribution < -0.4 is 5.73 Å². The molecule has 0 aliphatic carbocycles. The Labute approximate surface area is 59.0 Å². The molecule has 3 N–H and O–H groups in total. The zero-order valence-electron chi connectivity index (χ0n) is 5.83. The van der Waals surface area contributed by atoms with Crippen molar-refractivity contribution in [2.45, 2.75) is 25.8 Å². The van der Waals surface area contributed by atoms with Crippen LogP contribution in [0.15, 0.2) is 0 Å². The summed E-state index contributed by atoms with van der Waals surface area (Å²) in [7, 11) is 0. The van der Waals surface area contributed by atoms with Crippen LogP contribution in [-0.2, 0) is 9.59 Å². The number of aliphatic carboxylic acids is 1. The van der Waals surface area contributed by atoms with Gasteiger partial charge in [-0.1, -0.05) is 0 Å². The van der Waals surface area contributed by atoms with Crippen molar-refractivity contribution < 1.29 is 14.7 Å². The highest BCUT2D eigenvalue weighted by Gasteiger charge is 2.10. The van der Waals surface area contributed by atoms with Crippen LogP contribution in [0.25, 0.3) is 0 Å². The van der Waals surface area contributed by atoms with E-state index in [2.05, 4.69) is 0 Å². The Hall–Kier alpha value is -0.900. The van der Waals surface area contributed by atoms with Gasteiger partial charge in [0.15, 0.2) is 0 Å². The Morgan fingerprint density at radius 2 is 2.10 bits per heavy atom. The molecule has 58 valence electrons. The van der Waals surface area contributed by atoms with Gasteiger partial charge in [0.25, 0.3) is 0 Å². The summed E-state index contributed by atoms with van der Waals surface area (Å²) in [6.07, 6.45) is 0.470. The maximum absolute atomic E-state index is 10.3. The maximum Gasteiger partial charge on any atom is 0.320 e. The molecule has 0 radical (unpaired) electrons. The highest BCUT2D eigenvalue weighted by Crippen LogP contribution is 1.94. The van der Waals surface area contributed by atoms with Crippen LogP contribution in [0, 0.1) is 0 Å². The molecule has 10 heavy (non-hydrogen) atoms. The summed E-state index contributed by atoms with van der Waals surface area (Å²) in [5.41, 5.74) is 5.11. The zero-order valence-corrected chi connectivity index (χ0v) is 5.83. The molecule has 0 aromatic heterocycles. The minimum absolute atomic E-state index is 0.0308. The molecule has 1 atom stereocenters. The van der Waals surface area contributed by atoms with Gasteiger partial charge in [-0.3, -0.25) is 4.79 Å². The largest absolute Gasteiger partial charge is 0.480 e. The lowest BCUT2D eigenvalue weighted by Crippen LogP contribution is -2.30. The van der Waals surface area contributed by atoms with E-state index in [1.165, 1.54) is 6.92 Å². The summed E-state index contributed by atoms with van der Waals surface area (Å²) >= 11 is 0. The molecule has 1 unspecified atom stereocenters. The number of carbonyl (C=O) groups is 2. The standard InChI is InChI=1S/C6H11NO3/c1-4(8)2-3-5(7)6(9)10/h5H,2-3,7H2,1H3,(H,9,10). The van der Waals surface area contributed by atoms with Crippen molar-refractivity contribution in [2.24, 2.45) is 5.73 Å². The number of carbonyl (C=O) groups excluding carboxylic acids is 1. The second-order valence-corrected chi connectivity index (χ2v) is 2.19. The van der Waals surface area contributed by atoms with E-state index in [9.17, 15) is 9.59 Å². The first kappa shape index (κ1) is 9.10. The number of ketones is 1. The van der Waals surface area contributed by atoms with E-state index in [-0.39, 0.29) is 18.6 Å². The van der Waals surface area contributed by atoms with Crippen LogP contribution in [0.2, 0.25) is 0 Å². The SMILES string of the molecule is CC(=O)CCC(N)C(=O)O. The minimum Gasteiger partial charge on any atom is -0.480 e. The Balaban J connectivity index is 3.49. The van der Waals surface area contributed by atoms with Crippen LogP contribution in [0.5, 0.6) is 0 Å². The molecule has 0 amide bonds. The first-order chi connectivity index (χ1) is 4.54. The molecule has 0 aliphatic rings. The lowest BCUT2D eigenvalue weighted by atomic mass is 10.1. The number of hydrogen-bond donors (Lipinski definition) is 2. The topological polar surface area (TPSA) is 80.4 Å². The summed E-state index contributed by atoms with van der Waals surface area (Å²) in [5, 5.41) is 8.26. The molecule has 0 fully saturated rings.